The fourth-order valence-electron chi connectivity index (χ4n) is 2.57. The van der Waals surface area contributed by atoms with Gasteiger partial charge in [0.2, 0.25) is 0 Å². The zero-order chi connectivity index (χ0) is 21.7. The number of nitrogens with one attached hydrogen (secondary N) is 2. The molecule has 3 aromatic rings. The number of hydrogen-bond acceptors (Lipinski definition) is 6. The topological polar surface area (TPSA) is 126 Å². The largest absolute Gasteiger partial charge is 0.504 e. The first-order valence-electron chi connectivity index (χ1n) is 8.49. The van der Waals surface area contributed by atoms with Crippen LogP contribution >= 0.6 is 22.6 Å². The van der Waals surface area contributed by atoms with Crippen LogP contribution in [0.25, 0.3) is 0 Å². The van der Waals surface area contributed by atoms with E-state index in [2.05, 4.69) is 47.8 Å². The molecule has 1 heterocycles. The van der Waals surface area contributed by atoms with Gasteiger partial charge in [-0.15, -0.1) is 0 Å². The predicted octanol–water partition coefficient (Wildman–Crippen LogP) is 4.24. The van der Waals surface area contributed by atoms with Crippen molar-refractivity contribution in [2.24, 2.45) is 10.7 Å². The first kappa shape index (κ1) is 21.5. The maximum atomic E-state index is 12.3. The van der Waals surface area contributed by atoms with E-state index in [0.717, 1.165) is 15.7 Å². The first-order chi connectivity index (χ1) is 14.4. The average Bonchev–Trinajstić information content (AvgIpc) is 3.10. The number of anilines is 2. The Kier molecular flexibility index (Phi) is 6.82. The number of amides is 1. The van der Waals surface area contributed by atoms with Gasteiger partial charge in [0, 0.05) is 16.3 Å². The minimum Gasteiger partial charge on any atom is -0.504 e. The third-order valence-electron chi connectivity index (χ3n) is 3.88. The van der Waals surface area contributed by atoms with Crippen molar-refractivity contribution in [2.45, 2.75) is 11.0 Å². The van der Waals surface area contributed by atoms with E-state index in [4.69, 9.17) is 5.73 Å². The summed E-state index contributed by atoms with van der Waals surface area (Å²) >= 11 is 2.24. The highest BCUT2D eigenvalue weighted by Gasteiger charge is 2.18. The Hall–Kier alpha value is -3.22. The summed E-state index contributed by atoms with van der Waals surface area (Å²) in [7, 11) is 0. The summed E-state index contributed by atoms with van der Waals surface area (Å²) in [6.07, 6.45) is 1.30. The van der Waals surface area contributed by atoms with Gasteiger partial charge in [-0.05, 0) is 41.5 Å². The van der Waals surface area contributed by atoms with E-state index in [1.165, 1.54) is 24.4 Å². The molecule has 156 valence electrons. The van der Waals surface area contributed by atoms with Crippen molar-refractivity contribution >= 4 is 52.0 Å². The summed E-state index contributed by atoms with van der Waals surface area (Å²) in [5, 5.41) is 19.5. The number of carbonyl (C=O) groups is 1. The standard InChI is InChI=1S/C19H16F2IN5O3/c20-19(21)30-14-5-4-11(7-13(14)28)9-24-17-15(16(23)29)18(27-26-17)25-12-3-1-2-10(6-12)8-22/h1-7,9,19,28H,8H2,(H2,23,29)(H2,25,26,27). The second-order valence-corrected chi connectivity index (χ2v) is 6.75. The van der Waals surface area contributed by atoms with E-state index < -0.39 is 18.3 Å². The number of primary amides is 1. The van der Waals surface area contributed by atoms with Crippen molar-refractivity contribution in [1.82, 2.24) is 10.2 Å². The molecule has 5 N–H and O–H groups in total. The lowest BCUT2D eigenvalue weighted by Crippen LogP contribution is -2.12. The highest BCUT2D eigenvalue weighted by Crippen LogP contribution is 2.29. The number of aliphatic imine (C=N–C) groups is 1. The number of phenols is 1. The van der Waals surface area contributed by atoms with Gasteiger partial charge in [-0.3, -0.25) is 9.89 Å². The van der Waals surface area contributed by atoms with Crippen LogP contribution in [0, 0.1) is 0 Å². The second kappa shape index (κ2) is 9.52. The van der Waals surface area contributed by atoms with E-state index in [9.17, 15) is 18.7 Å². The van der Waals surface area contributed by atoms with Crippen LogP contribution in [0.15, 0.2) is 47.5 Å². The van der Waals surface area contributed by atoms with E-state index in [1.54, 1.807) is 0 Å². The maximum absolute atomic E-state index is 12.3. The van der Waals surface area contributed by atoms with Gasteiger partial charge < -0.3 is 20.9 Å². The molecule has 8 nitrogen and oxygen atoms in total. The number of aromatic amines is 1. The molecule has 2 aromatic carbocycles. The van der Waals surface area contributed by atoms with Crippen molar-refractivity contribution in [3.8, 4) is 11.5 Å². The van der Waals surface area contributed by atoms with Gasteiger partial charge in [-0.25, -0.2) is 4.99 Å². The number of hydrogen-bond donors (Lipinski definition) is 4. The summed E-state index contributed by atoms with van der Waals surface area (Å²) in [6.45, 7) is -3.05. The molecule has 0 aliphatic carbocycles. The molecule has 30 heavy (non-hydrogen) atoms. The maximum Gasteiger partial charge on any atom is 0.387 e. The van der Waals surface area contributed by atoms with Gasteiger partial charge >= 0.3 is 6.61 Å². The molecule has 0 aliphatic heterocycles. The zero-order valence-electron chi connectivity index (χ0n) is 15.3. The lowest BCUT2D eigenvalue weighted by Gasteiger charge is -2.07. The minimum atomic E-state index is -3.05. The van der Waals surface area contributed by atoms with Gasteiger partial charge in [0.1, 0.15) is 11.4 Å². The highest BCUT2D eigenvalue weighted by atomic mass is 127. The van der Waals surface area contributed by atoms with E-state index >= 15 is 0 Å². The van der Waals surface area contributed by atoms with Crippen molar-refractivity contribution in [3.63, 3.8) is 0 Å². The van der Waals surface area contributed by atoms with Crippen molar-refractivity contribution in [1.29, 1.82) is 0 Å². The smallest absolute Gasteiger partial charge is 0.387 e. The quantitative estimate of drug-likeness (QED) is 0.198. The summed E-state index contributed by atoms with van der Waals surface area (Å²) in [5.74, 6) is -1.27. The number of nitrogens with two attached hydrogens (primary N) is 1. The number of ether oxygens (including phenoxy) is 1. The molecule has 0 fully saturated rings. The molecule has 0 aliphatic rings. The number of aromatic nitrogens is 2. The minimum absolute atomic E-state index is 0.0300. The number of H-pyrrole nitrogens is 1. The molecule has 0 bridgehead atoms. The Bertz CT molecular complexity index is 1090. The Balaban J connectivity index is 1.84. The molecule has 0 unspecified atom stereocenters. The molecular formula is C19H16F2IN5O3. The van der Waals surface area contributed by atoms with Gasteiger partial charge in [-0.2, -0.15) is 13.9 Å². The summed E-state index contributed by atoms with van der Waals surface area (Å²) in [5.41, 5.74) is 7.74. The molecule has 0 atom stereocenters. The Morgan fingerprint density at radius 3 is 2.83 bits per heavy atom. The molecule has 0 saturated heterocycles. The zero-order valence-corrected chi connectivity index (χ0v) is 17.4. The summed E-state index contributed by atoms with van der Waals surface area (Å²) in [4.78, 5) is 16.1. The van der Waals surface area contributed by atoms with Gasteiger partial charge in [-0.1, -0.05) is 34.7 Å². The van der Waals surface area contributed by atoms with Crippen LogP contribution in [0.3, 0.4) is 0 Å². The van der Waals surface area contributed by atoms with Gasteiger partial charge in [0.15, 0.2) is 17.3 Å². The third kappa shape index (κ3) is 5.23. The van der Waals surface area contributed by atoms with Gasteiger partial charge in [0.05, 0.1) is 0 Å². The number of aromatic hydroxyl groups is 1. The van der Waals surface area contributed by atoms with Crippen LogP contribution in [-0.4, -0.2) is 34.0 Å². The predicted molar refractivity (Wildman–Crippen MR) is 117 cm³/mol. The number of rotatable bonds is 8. The van der Waals surface area contributed by atoms with E-state index in [1.807, 2.05) is 24.3 Å². The normalized spacial score (nSPS) is 11.2. The summed E-state index contributed by atoms with van der Waals surface area (Å²) in [6, 6.07) is 11.4. The van der Waals surface area contributed by atoms with Crippen LogP contribution in [0.4, 0.5) is 26.1 Å². The van der Waals surface area contributed by atoms with E-state index in [0.29, 0.717) is 5.56 Å². The number of carbonyl (C=O) groups excluding carboxylic acids is 1. The number of alkyl halides is 3. The highest BCUT2D eigenvalue weighted by molar-refractivity contribution is 14.1. The van der Waals surface area contributed by atoms with Gasteiger partial charge in [0.25, 0.3) is 5.91 Å². The van der Waals surface area contributed by atoms with Crippen LogP contribution in [0.5, 0.6) is 11.5 Å². The molecule has 0 radical (unpaired) electrons. The number of benzene rings is 2. The van der Waals surface area contributed by atoms with Crippen LogP contribution < -0.4 is 15.8 Å². The van der Waals surface area contributed by atoms with Crippen LogP contribution in [0.2, 0.25) is 0 Å². The number of nitrogens with zero attached hydrogens (tertiary/aromatic N) is 2. The molecule has 0 saturated carbocycles. The molecule has 11 heteroatoms. The average molecular weight is 527 g/mol. The Morgan fingerprint density at radius 1 is 1.37 bits per heavy atom. The van der Waals surface area contributed by atoms with Crippen LogP contribution in [-0.2, 0) is 4.43 Å². The Morgan fingerprint density at radius 2 is 2.17 bits per heavy atom. The lowest BCUT2D eigenvalue weighted by molar-refractivity contribution is -0.0512. The van der Waals surface area contributed by atoms with E-state index in [-0.39, 0.29) is 22.9 Å². The fourth-order valence-corrected chi connectivity index (χ4v) is 3.05. The molecular weight excluding hydrogens is 511 g/mol. The van der Waals surface area contributed by atoms with Crippen molar-refractivity contribution in [3.05, 3.63) is 59.2 Å². The first-order valence-corrected chi connectivity index (χ1v) is 10.0. The molecule has 1 aromatic heterocycles. The summed E-state index contributed by atoms with van der Waals surface area (Å²) < 4.78 is 29.5. The molecule has 3 rings (SSSR count). The SMILES string of the molecule is NC(=O)c1c(N=Cc2ccc(OC(F)F)c(O)c2)n[nH]c1Nc1cccc(CI)c1. The van der Waals surface area contributed by atoms with Crippen molar-refractivity contribution < 1.29 is 23.4 Å². The monoisotopic (exact) mass is 527 g/mol. The fraction of sp³-hybridized carbons (Fsp3) is 0.105. The number of halogens is 3. The number of phenolic OH excluding ortho intramolecular Hbond substituents is 1. The Labute approximate surface area is 183 Å². The van der Waals surface area contributed by atoms with Crippen molar-refractivity contribution in [2.75, 3.05) is 5.32 Å². The molecule has 0 spiro atoms. The van der Waals surface area contributed by atoms with Crippen LogP contribution in [0.1, 0.15) is 21.5 Å². The third-order valence-corrected chi connectivity index (χ3v) is 4.76. The second-order valence-electron chi connectivity index (χ2n) is 5.98. The molecule has 1 amide bonds. The lowest BCUT2D eigenvalue weighted by atomic mass is 10.2.